The molecule has 0 heterocycles. The molecule has 0 rings (SSSR count). The first-order chi connectivity index (χ1) is 7.90. The zero-order valence-electron chi connectivity index (χ0n) is 10.2. The molecule has 1 N–H and O–H groups in total. The summed E-state index contributed by atoms with van der Waals surface area (Å²) in [7, 11) is 0. The van der Waals surface area contributed by atoms with Crippen molar-refractivity contribution in [2.24, 2.45) is 0 Å². The molecule has 1 amide bonds. The molecule has 0 aliphatic rings. The van der Waals surface area contributed by atoms with Crippen LogP contribution in [0.4, 0.5) is 17.6 Å². The lowest BCUT2D eigenvalue weighted by Crippen LogP contribution is -2.55. The Morgan fingerprint density at radius 1 is 1.22 bits per heavy atom. The molecule has 0 saturated carbocycles. The van der Waals surface area contributed by atoms with Crippen LogP contribution < -0.4 is 0 Å². The second-order valence-electron chi connectivity index (χ2n) is 4.70. The number of amides is 1. The van der Waals surface area contributed by atoms with E-state index in [1.807, 2.05) is 0 Å². The van der Waals surface area contributed by atoms with E-state index in [1.54, 1.807) is 0 Å². The lowest BCUT2D eigenvalue weighted by atomic mass is 10.0. The van der Waals surface area contributed by atoms with E-state index >= 15 is 0 Å². The Kier molecular flexibility index (Phi) is 5.12. The van der Waals surface area contributed by atoms with Crippen molar-refractivity contribution in [2.75, 3.05) is 6.54 Å². The minimum absolute atomic E-state index is 0.452. The van der Waals surface area contributed by atoms with Gasteiger partial charge in [-0.3, -0.25) is 9.59 Å². The minimum Gasteiger partial charge on any atom is -0.481 e. The Balaban J connectivity index is 5.10. The van der Waals surface area contributed by atoms with E-state index in [2.05, 4.69) is 0 Å². The first kappa shape index (κ1) is 16.7. The Labute approximate surface area is 102 Å². The number of halogens is 4. The predicted octanol–water partition coefficient (Wildman–Crippen LogP) is 1.99. The molecule has 0 aliphatic heterocycles. The van der Waals surface area contributed by atoms with Gasteiger partial charge in [0.25, 0.3) is 5.91 Å². The molecule has 0 saturated heterocycles. The fourth-order valence-electron chi connectivity index (χ4n) is 1.22. The molecule has 0 aromatic rings. The highest BCUT2D eigenvalue weighted by molar-refractivity contribution is 5.85. The van der Waals surface area contributed by atoms with Crippen LogP contribution in [-0.2, 0) is 9.59 Å². The van der Waals surface area contributed by atoms with Gasteiger partial charge < -0.3 is 10.0 Å². The summed E-state index contributed by atoms with van der Waals surface area (Å²) < 4.78 is 50.1. The number of rotatable bonds is 5. The first-order valence-corrected chi connectivity index (χ1v) is 5.10. The van der Waals surface area contributed by atoms with E-state index in [1.165, 1.54) is 20.8 Å². The van der Waals surface area contributed by atoms with Gasteiger partial charge in [-0.25, -0.2) is 8.78 Å². The monoisotopic (exact) mass is 273 g/mol. The zero-order chi connectivity index (χ0) is 14.7. The van der Waals surface area contributed by atoms with E-state index in [0.717, 1.165) is 0 Å². The lowest BCUT2D eigenvalue weighted by molar-refractivity contribution is -0.185. The molecule has 18 heavy (non-hydrogen) atoms. The molecule has 4 nitrogen and oxygen atoms in total. The molecule has 0 bridgehead atoms. The SMILES string of the molecule is CC(C)(C)N(CCC(=O)O)C(=O)C(F)(F)C(F)F. The summed E-state index contributed by atoms with van der Waals surface area (Å²) in [6.07, 6.45) is -4.72. The molecular weight excluding hydrogens is 258 g/mol. The Hall–Kier alpha value is -1.34. The molecule has 0 aromatic carbocycles. The van der Waals surface area contributed by atoms with Gasteiger partial charge in [0.2, 0.25) is 0 Å². The van der Waals surface area contributed by atoms with Crippen molar-refractivity contribution >= 4 is 11.9 Å². The Morgan fingerprint density at radius 3 is 1.94 bits per heavy atom. The van der Waals surface area contributed by atoms with Gasteiger partial charge in [0.1, 0.15) is 0 Å². The smallest absolute Gasteiger partial charge is 0.383 e. The van der Waals surface area contributed by atoms with Crippen LogP contribution in [0.25, 0.3) is 0 Å². The first-order valence-electron chi connectivity index (χ1n) is 5.10. The van der Waals surface area contributed by atoms with E-state index < -0.39 is 42.7 Å². The topological polar surface area (TPSA) is 57.6 Å². The minimum atomic E-state index is -4.81. The summed E-state index contributed by atoms with van der Waals surface area (Å²) in [5.74, 6) is -8.19. The van der Waals surface area contributed by atoms with Crippen LogP contribution in [0.3, 0.4) is 0 Å². The number of carbonyl (C=O) groups is 2. The van der Waals surface area contributed by atoms with Crippen LogP contribution in [0.5, 0.6) is 0 Å². The van der Waals surface area contributed by atoms with Crippen molar-refractivity contribution in [2.45, 2.75) is 45.1 Å². The predicted molar refractivity (Wildman–Crippen MR) is 54.7 cm³/mol. The van der Waals surface area contributed by atoms with Crippen LogP contribution in [0.1, 0.15) is 27.2 Å². The van der Waals surface area contributed by atoms with Crippen molar-refractivity contribution in [3.63, 3.8) is 0 Å². The molecular formula is C10H15F4NO3. The fraction of sp³-hybridized carbons (Fsp3) is 0.800. The van der Waals surface area contributed by atoms with Gasteiger partial charge in [-0.05, 0) is 20.8 Å². The average molecular weight is 273 g/mol. The summed E-state index contributed by atoms with van der Waals surface area (Å²) >= 11 is 0. The summed E-state index contributed by atoms with van der Waals surface area (Å²) in [6.45, 7) is 3.51. The molecule has 0 unspecified atom stereocenters. The number of carboxylic acids is 1. The van der Waals surface area contributed by atoms with Crippen LogP contribution in [0.2, 0.25) is 0 Å². The number of hydrogen-bond acceptors (Lipinski definition) is 2. The van der Waals surface area contributed by atoms with Gasteiger partial charge in [-0.15, -0.1) is 0 Å². The summed E-state index contributed by atoms with van der Waals surface area (Å²) in [6, 6.07) is 0. The Morgan fingerprint density at radius 2 is 1.67 bits per heavy atom. The second-order valence-corrected chi connectivity index (χ2v) is 4.70. The number of aliphatic carboxylic acids is 1. The number of carbonyl (C=O) groups excluding carboxylic acids is 1. The van der Waals surface area contributed by atoms with Gasteiger partial charge in [-0.1, -0.05) is 0 Å². The van der Waals surface area contributed by atoms with E-state index in [0.29, 0.717) is 4.90 Å². The molecule has 0 atom stereocenters. The molecule has 0 fully saturated rings. The van der Waals surface area contributed by atoms with Gasteiger partial charge in [0.15, 0.2) is 0 Å². The Bertz CT molecular complexity index is 326. The molecule has 106 valence electrons. The lowest BCUT2D eigenvalue weighted by Gasteiger charge is -2.37. The van der Waals surface area contributed by atoms with Gasteiger partial charge >= 0.3 is 18.3 Å². The summed E-state index contributed by atoms with van der Waals surface area (Å²) in [5.41, 5.74) is -1.18. The van der Waals surface area contributed by atoms with Gasteiger partial charge in [-0.2, -0.15) is 8.78 Å². The maximum absolute atomic E-state index is 13.0. The molecule has 0 aromatic heterocycles. The normalized spacial score (nSPS) is 12.7. The van der Waals surface area contributed by atoms with Crippen molar-refractivity contribution in [1.29, 1.82) is 0 Å². The van der Waals surface area contributed by atoms with Gasteiger partial charge in [0.05, 0.1) is 6.42 Å². The maximum atomic E-state index is 13.0. The summed E-state index contributed by atoms with van der Waals surface area (Å²) in [4.78, 5) is 22.2. The maximum Gasteiger partial charge on any atom is 0.383 e. The number of nitrogens with zero attached hydrogens (tertiary/aromatic N) is 1. The van der Waals surface area contributed by atoms with Crippen molar-refractivity contribution in [1.82, 2.24) is 4.90 Å². The largest absolute Gasteiger partial charge is 0.481 e. The second kappa shape index (κ2) is 5.53. The van der Waals surface area contributed by atoms with Crippen molar-refractivity contribution < 1.29 is 32.3 Å². The standard InChI is InChI=1S/C10H15F4NO3/c1-9(2,3)15(5-4-6(16)17)8(18)10(13,14)7(11)12/h7H,4-5H2,1-3H3,(H,16,17). The van der Waals surface area contributed by atoms with Crippen LogP contribution in [0, 0.1) is 0 Å². The zero-order valence-corrected chi connectivity index (χ0v) is 10.2. The van der Waals surface area contributed by atoms with Crippen molar-refractivity contribution in [3.8, 4) is 0 Å². The number of alkyl halides is 4. The van der Waals surface area contributed by atoms with Crippen LogP contribution >= 0.6 is 0 Å². The molecule has 8 heteroatoms. The van der Waals surface area contributed by atoms with Gasteiger partial charge in [0, 0.05) is 12.1 Å². The van der Waals surface area contributed by atoms with Crippen molar-refractivity contribution in [3.05, 3.63) is 0 Å². The third kappa shape index (κ3) is 4.15. The molecule has 0 radical (unpaired) electrons. The average Bonchev–Trinajstić information content (AvgIpc) is 2.14. The van der Waals surface area contributed by atoms with E-state index in [9.17, 15) is 27.2 Å². The van der Waals surface area contributed by atoms with Crippen LogP contribution in [0.15, 0.2) is 0 Å². The highest BCUT2D eigenvalue weighted by atomic mass is 19.3. The van der Waals surface area contributed by atoms with E-state index in [4.69, 9.17) is 5.11 Å². The fourth-order valence-corrected chi connectivity index (χ4v) is 1.22. The summed E-state index contributed by atoms with van der Waals surface area (Å²) in [5, 5.41) is 8.45. The molecule has 0 spiro atoms. The molecule has 0 aliphatic carbocycles. The third-order valence-electron chi connectivity index (χ3n) is 2.16. The quantitative estimate of drug-likeness (QED) is 0.779. The highest BCUT2D eigenvalue weighted by Crippen LogP contribution is 2.28. The third-order valence-corrected chi connectivity index (χ3v) is 2.16. The van der Waals surface area contributed by atoms with E-state index in [-0.39, 0.29) is 0 Å². The van der Waals surface area contributed by atoms with Crippen LogP contribution in [-0.4, -0.2) is 46.3 Å². The number of carboxylic acid groups (broad SMARTS) is 1. The number of hydrogen-bond donors (Lipinski definition) is 1. The highest BCUT2D eigenvalue weighted by Gasteiger charge is 2.52.